The lowest BCUT2D eigenvalue weighted by molar-refractivity contribution is -0.138. The molecular formula is C26H24F4N4O4S. The molecule has 1 heterocycles. The fourth-order valence-corrected chi connectivity index (χ4v) is 4.68. The van der Waals surface area contributed by atoms with E-state index in [0.29, 0.717) is 25.3 Å². The van der Waals surface area contributed by atoms with Crippen molar-refractivity contribution in [3.63, 3.8) is 0 Å². The van der Waals surface area contributed by atoms with Gasteiger partial charge < -0.3 is 15.3 Å². The number of thiocarbonyl (C=S) groups is 1. The molecule has 3 rings (SSSR count). The summed E-state index contributed by atoms with van der Waals surface area (Å²) in [4.78, 5) is 38.4. The minimum atomic E-state index is -4.85. The van der Waals surface area contributed by atoms with Crippen LogP contribution in [0.1, 0.15) is 61.0 Å². The molecule has 0 saturated carbocycles. The summed E-state index contributed by atoms with van der Waals surface area (Å²) in [6.45, 7) is 3.16. The molecule has 206 valence electrons. The van der Waals surface area contributed by atoms with Crippen molar-refractivity contribution in [2.75, 3.05) is 16.3 Å². The number of carbonyl (C=O) groups excluding carboxylic acids is 2. The summed E-state index contributed by atoms with van der Waals surface area (Å²) >= 11 is 5.43. The molecule has 0 radical (unpaired) electrons. The molecule has 13 heteroatoms. The Balaban J connectivity index is 1.83. The molecule has 2 amide bonds. The predicted octanol–water partition coefficient (Wildman–Crippen LogP) is 5.01. The highest BCUT2D eigenvalue weighted by Gasteiger charge is 2.51. The third kappa shape index (κ3) is 6.17. The molecule has 2 aromatic rings. The second kappa shape index (κ2) is 11.4. The van der Waals surface area contributed by atoms with Crippen molar-refractivity contribution in [3.05, 3.63) is 58.9 Å². The number of unbranched alkanes of at least 4 members (excludes halogenated alkanes) is 2. The Labute approximate surface area is 226 Å². The first-order valence-corrected chi connectivity index (χ1v) is 12.2. The number of amides is 2. The summed E-state index contributed by atoms with van der Waals surface area (Å²) in [5.41, 5.74) is -3.62. The van der Waals surface area contributed by atoms with Crippen molar-refractivity contribution >= 4 is 46.5 Å². The lowest BCUT2D eigenvalue weighted by atomic mass is 10.0. The van der Waals surface area contributed by atoms with Gasteiger partial charge in [-0.15, -0.1) is 0 Å². The molecule has 1 aliphatic rings. The largest absolute Gasteiger partial charge is 0.481 e. The van der Waals surface area contributed by atoms with Crippen molar-refractivity contribution in [2.45, 2.75) is 51.2 Å². The quantitative estimate of drug-likeness (QED) is 0.250. The Morgan fingerprint density at radius 3 is 2.36 bits per heavy atom. The average Bonchev–Trinajstić information content (AvgIpc) is 3.03. The summed E-state index contributed by atoms with van der Waals surface area (Å²) in [6.07, 6.45) is -3.29. The minimum Gasteiger partial charge on any atom is -0.481 e. The van der Waals surface area contributed by atoms with Gasteiger partial charge >= 0.3 is 12.1 Å². The molecule has 0 spiro atoms. The third-order valence-electron chi connectivity index (χ3n) is 6.16. The number of anilines is 2. The van der Waals surface area contributed by atoms with Gasteiger partial charge in [-0.1, -0.05) is 6.42 Å². The van der Waals surface area contributed by atoms with Crippen LogP contribution in [0, 0.1) is 17.1 Å². The SMILES string of the molecule is CC1(C)C(=O)N(c2ccc(C#N)c(C(F)(F)F)c2)C(=S)N1c1ccc(C(=O)NCCCCCC(=O)O)c(F)c1. The van der Waals surface area contributed by atoms with Crippen LogP contribution in [0.3, 0.4) is 0 Å². The molecule has 0 bridgehead atoms. The topological polar surface area (TPSA) is 114 Å². The van der Waals surface area contributed by atoms with Crippen LogP contribution < -0.4 is 15.1 Å². The number of carboxylic acids is 1. The Morgan fingerprint density at radius 1 is 1.10 bits per heavy atom. The normalized spacial score (nSPS) is 14.9. The summed E-state index contributed by atoms with van der Waals surface area (Å²) in [6, 6.07) is 7.85. The van der Waals surface area contributed by atoms with E-state index < -0.39 is 46.4 Å². The number of hydrogen-bond donors (Lipinski definition) is 2. The number of aliphatic carboxylic acids is 1. The summed E-state index contributed by atoms with van der Waals surface area (Å²) in [5.74, 6) is -3.17. The number of nitriles is 1. The van der Waals surface area contributed by atoms with Crippen LogP contribution in [-0.2, 0) is 15.8 Å². The van der Waals surface area contributed by atoms with Gasteiger partial charge in [0.2, 0.25) is 0 Å². The lowest BCUT2D eigenvalue weighted by Crippen LogP contribution is -2.44. The standard InChI is InChI=1S/C26H24F4N4O4S/c1-25(2)23(38)33(16-8-7-15(14-31)19(12-16)26(28,29)30)24(39)34(25)17-9-10-18(20(27)13-17)22(37)32-11-5-3-4-6-21(35)36/h7-10,12-13H,3-6,11H2,1-2H3,(H,32,37)(H,35,36). The first-order chi connectivity index (χ1) is 18.2. The van der Waals surface area contributed by atoms with Crippen molar-refractivity contribution in [1.29, 1.82) is 5.26 Å². The van der Waals surface area contributed by atoms with Crippen LogP contribution in [-0.4, -0.2) is 40.1 Å². The highest BCUT2D eigenvalue weighted by Crippen LogP contribution is 2.39. The van der Waals surface area contributed by atoms with Gasteiger partial charge in [-0.25, -0.2) is 4.39 Å². The Kier molecular flexibility index (Phi) is 8.60. The second-order valence-electron chi connectivity index (χ2n) is 9.28. The van der Waals surface area contributed by atoms with Crippen LogP contribution in [0.4, 0.5) is 28.9 Å². The van der Waals surface area contributed by atoms with Crippen molar-refractivity contribution in [3.8, 4) is 6.07 Å². The molecule has 0 aromatic heterocycles. The van der Waals surface area contributed by atoms with E-state index in [0.717, 1.165) is 17.0 Å². The van der Waals surface area contributed by atoms with E-state index in [2.05, 4.69) is 5.32 Å². The third-order valence-corrected chi connectivity index (χ3v) is 6.53. The van der Waals surface area contributed by atoms with E-state index in [9.17, 15) is 31.9 Å². The van der Waals surface area contributed by atoms with Gasteiger partial charge in [-0.05, 0) is 75.3 Å². The highest BCUT2D eigenvalue weighted by atomic mass is 32.1. The molecule has 2 N–H and O–H groups in total. The van der Waals surface area contributed by atoms with Gasteiger partial charge in [-0.2, -0.15) is 18.4 Å². The minimum absolute atomic E-state index is 0.0212. The molecule has 1 saturated heterocycles. The number of hydrogen-bond acceptors (Lipinski definition) is 5. The number of rotatable bonds is 9. The Morgan fingerprint density at radius 2 is 1.77 bits per heavy atom. The number of nitrogens with one attached hydrogen (secondary N) is 1. The summed E-state index contributed by atoms with van der Waals surface area (Å²) in [5, 5.41) is 20.0. The number of nitrogens with zero attached hydrogens (tertiary/aromatic N) is 3. The molecular weight excluding hydrogens is 540 g/mol. The van der Waals surface area contributed by atoms with E-state index >= 15 is 0 Å². The maximum absolute atomic E-state index is 15.0. The number of benzene rings is 2. The Bertz CT molecular complexity index is 1370. The maximum atomic E-state index is 15.0. The maximum Gasteiger partial charge on any atom is 0.417 e. The van der Waals surface area contributed by atoms with Crippen LogP contribution >= 0.6 is 12.2 Å². The van der Waals surface area contributed by atoms with Gasteiger partial charge in [0.25, 0.3) is 11.8 Å². The Hall–Kier alpha value is -4.05. The van der Waals surface area contributed by atoms with Gasteiger partial charge in [0.15, 0.2) is 5.11 Å². The molecule has 39 heavy (non-hydrogen) atoms. The van der Waals surface area contributed by atoms with E-state index in [-0.39, 0.29) is 35.0 Å². The second-order valence-corrected chi connectivity index (χ2v) is 9.65. The predicted molar refractivity (Wildman–Crippen MR) is 138 cm³/mol. The molecule has 0 unspecified atom stereocenters. The molecule has 1 fully saturated rings. The molecule has 0 atom stereocenters. The number of alkyl halides is 3. The first-order valence-electron chi connectivity index (χ1n) is 11.8. The zero-order valence-corrected chi connectivity index (χ0v) is 21.7. The molecule has 2 aromatic carbocycles. The van der Waals surface area contributed by atoms with Gasteiger partial charge in [0.1, 0.15) is 11.4 Å². The lowest BCUT2D eigenvalue weighted by Gasteiger charge is -2.29. The van der Waals surface area contributed by atoms with Crippen LogP contribution in [0.2, 0.25) is 0 Å². The van der Waals surface area contributed by atoms with Crippen molar-refractivity contribution in [1.82, 2.24) is 5.32 Å². The molecule has 1 aliphatic heterocycles. The summed E-state index contributed by atoms with van der Waals surface area (Å²) < 4.78 is 55.5. The monoisotopic (exact) mass is 564 g/mol. The zero-order valence-electron chi connectivity index (χ0n) is 20.9. The van der Waals surface area contributed by atoms with E-state index in [4.69, 9.17) is 22.6 Å². The van der Waals surface area contributed by atoms with Crippen LogP contribution in [0.5, 0.6) is 0 Å². The van der Waals surface area contributed by atoms with E-state index in [1.807, 2.05) is 0 Å². The molecule has 8 nitrogen and oxygen atoms in total. The smallest absolute Gasteiger partial charge is 0.417 e. The van der Waals surface area contributed by atoms with Gasteiger partial charge in [0, 0.05) is 18.7 Å². The summed E-state index contributed by atoms with van der Waals surface area (Å²) in [7, 11) is 0. The number of carbonyl (C=O) groups is 3. The van der Waals surface area contributed by atoms with Gasteiger partial charge in [-0.3, -0.25) is 19.3 Å². The molecule has 0 aliphatic carbocycles. The fraction of sp³-hybridized carbons (Fsp3) is 0.346. The fourth-order valence-electron chi connectivity index (χ4n) is 4.16. The average molecular weight is 565 g/mol. The van der Waals surface area contributed by atoms with Crippen LogP contribution in [0.15, 0.2) is 36.4 Å². The highest BCUT2D eigenvalue weighted by molar-refractivity contribution is 7.81. The zero-order chi connectivity index (χ0) is 29.1. The van der Waals surface area contributed by atoms with Crippen LogP contribution in [0.25, 0.3) is 0 Å². The van der Waals surface area contributed by atoms with E-state index in [1.165, 1.54) is 43.0 Å². The van der Waals surface area contributed by atoms with Gasteiger partial charge in [0.05, 0.1) is 28.4 Å². The number of carboxylic acid groups (broad SMARTS) is 1. The van der Waals surface area contributed by atoms with Crippen molar-refractivity contribution < 1.29 is 37.1 Å². The number of halogens is 4. The van der Waals surface area contributed by atoms with E-state index in [1.54, 1.807) is 0 Å². The first kappa shape index (κ1) is 29.5. The van der Waals surface area contributed by atoms with Crippen molar-refractivity contribution in [2.24, 2.45) is 0 Å².